The summed E-state index contributed by atoms with van der Waals surface area (Å²) in [7, 11) is 0. The summed E-state index contributed by atoms with van der Waals surface area (Å²) < 4.78 is 4.38. The molecule has 3 heteroatoms. The van der Waals surface area contributed by atoms with E-state index < -0.39 is 11.9 Å². The van der Waals surface area contributed by atoms with Crippen molar-refractivity contribution in [1.29, 1.82) is 0 Å². The quantitative estimate of drug-likeness (QED) is 0.322. The Balaban J connectivity index is 2.75. The largest absolute Gasteiger partial charge is 0.393 e. The molecule has 60 valence electrons. The summed E-state index contributed by atoms with van der Waals surface area (Å²) in [6.45, 7) is 3.66. The lowest BCUT2D eigenvalue weighted by molar-refractivity contribution is -0.152. The Kier molecular flexibility index (Phi) is 2.08. The first-order chi connectivity index (χ1) is 5.15. The fourth-order valence-corrected chi connectivity index (χ4v) is 1.02. The lowest BCUT2D eigenvalue weighted by Gasteiger charge is -2.01. The fourth-order valence-electron chi connectivity index (χ4n) is 1.02. The summed E-state index contributed by atoms with van der Waals surface area (Å²) in [4.78, 5) is 21.5. The smallest absolute Gasteiger partial charge is 0.321 e. The molecule has 0 amide bonds. The van der Waals surface area contributed by atoms with Crippen LogP contribution in [0.15, 0.2) is 11.6 Å². The van der Waals surface area contributed by atoms with E-state index in [4.69, 9.17) is 0 Å². The van der Waals surface area contributed by atoms with Crippen LogP contribution in [-0.2, 0) is 14.3 Å². The van der Waals surface area contributed by atoms with E-state index in [0.29, 0.717) is 0 Å². The van der Waals surface area contributed by atoms with Crippen LogP contribution in [0.25, 0.3) is 0 Å². The van der Waals surface area contributed by atoms with Crippen molar-refractivity contribution in [3.63, 3.8) is 0 Å². The van der Waals surface area contributed by atoms with Crippen LogP contribution in [-0.4, -0.2) is 11.9 Å². The van der Waals surface area contributed by atoms with Gasteiger partial charge in [0, 0.05) is 0 Å². The molecule has 1 heterocycles. The van der Waals surface area contributed by atoms with E-state index in [9.17, 15) is 9.59 Å². The zero-order valence-electron chi connectivity index (χ0n) is 6.59. The predicted molar refractivity (Wildman–Crippen MR) is 38.6 cm³/mol. The van der Waals surface area contributed by atoms with Crippen LogP contribution in [0.1, 0.15) is 20.3 Å². The molecule has 0 aliphatic carbocycles. The van der Waals surface area contributed by atoms with E-state index in [1.165, 1.54) is 0 Å². The highest BCUT2D eigenvalue weighted by Gasteiger charge is 2.33. The molecule has 0 aromatic heterocycles. The molecule has 1 atom stereocenters. The van der Waals surface area contributed by atoms with Gasteiger partial charge < -0.3 is 4.74 Å². The third-order valence-corrected chi connectivity index (χ3v) is 1.87. The second-order valence-corrected chi connectivity index (χ2v) is 2.58. The number of allylic oxidation sites excluding steroid dienone is 1. The van der Waals surface area contributed by atoms with Crippen LogP contribution in [0, 0.1) is 5.92 Å². The van der Waals surface area contributed by atoms with E-state index in [-0.39, 0.29) is 12.3 Å². The Bertz CT molecular complexity index is 227. The highest BCUT2D eigenvalue weighted by atomic mass is 16.6. The number of hydrogen-bond donors (Lipinski definition) is 0. The average molecular weight is 154 g/mol. The Morgan fingerprint density at radius 1 is 1.64 bits per heavy atom. The first kappa shape index (κ1) is 7.98. The van der Waals surface area contributed by atoms with Gasteiger partial charge in [-0.2, -0.15) is 0 Å². The molecule has 1 rings (SSSR count). The van der Waals surface area contributed by atoms with Crippen molar-refractivity contribution >= 4 is 11.9 Å². The van der Waals surface area contributed by atoms with E-state index in [1.807, 2.05) is 19.9 Å². The molecule has 0 aromatic rings. The Labute approximate surface area is 65.0 Å². The van der Waals surface area contributed by atoms with Crippen molar-refractivity contribution in [2.75, 3.05) is 0 Å². The minimum absolute atomic E-state index is 0.203. The zero-order valence-corrected chi connectivity index (χ0v) is 6.59. The summed E-state index contributed by atoms with van der Waals surface area (Å²) in [5, 5.41) is 0. The van der Waals surface area contributed by atoms with Gasteiger partial charge in [0.05, 0.1) is 12.3 Å². The summed E-state index contributed by atoms with van der Waals surface area (Å²) in [5.74, 6) is -1.15. The van der Waals surface area contributed by atoms with Crippen molar-refractivity contribution in [3.05, 3.63) is 11.6 Å². The van der Waals surface area contributed by atoms with Gasteiger partial charge in [0.25, 0.3) is 0 Å². The minimum Gasteiger partial charge on any atom is -0.393 e. The molecule has 3 nitrogen and oxygen atoms in total. The minimum atomic E-state index is -0.416. The molecule has 0 saturated carbocycles. The molecule has 1 unspecified atom stereocenters. The molecule has 0 aromatic carbocycles. The van der Waals surface area contributed by atoms with Crippen molar-refractivity contribution in [1.82, 2.24) is 0 Å². The molecular formula is C8H10O3. The van der Waals surface area contributed by atoms with Crippen molar-refractivity contribution in [2.24, 2.45) is 5.92 Å². The van der Waals surface area contributed by atoms with E-state index in [1.54, 1.807) is 0 Å². The normalized spacial score (nSPS) is 25.6. The number of cyclic esters (lactones) is 2. The molecule has 0 bridgehead atoms. The number of ether oxygens (including phenoxy) is 1. The summed E-state index contributed by atoms with van der Waals surface area (Å²) >= 11 is 0. The Morgan fingerprint density at radius 2 is 2.27 bits per heavy atom. The maximum absolute atomic E-state index is 10.9. The molecule has 0 N–H and O–H groups in total. The average Bonchev–Trinajstić information content (AvgIpc) is 2.28. The van der Waals surface area contributed by atoms with Gasteiger partial charge in [-0.1, -0.05) is 11.6 Å². The van der Waals surface area contributed by atoms with Crippen LogP contribution in [0.2, 0.25) is 0 Å². The maximum atomic E-state index is 10.9. The molecule has 0 spiro atoms. The summed E-state index contributed by atoms with van der Waals surface area (Å²) in [6.07, 6.45) is 2.03. The van der Waals surface area contributed by atoms with Crippen molar-refractivity contribution in [3.8, 4) is 0 Å². The number of carbonyl (C=O) groups excluding carboxylic acids is 2. The molecule has 11 heavy (non-hydrogen) atoms. The summed E-state index contributed by atoms with van der Waals surface area (Å²) in [5.41, 5.74) is 0.904. The van der Waals surface area contributed by atoms with Crippen LogP contribution in [0.3, 0.4) is 0 Å². The van der Waals surface area contributed by atoms with Gasteiger partial charge in [-0.05, 0) is 13.8 Å². The van der Waals surface area contributed by atoms with Crippen molar-refractivity contribution < 1.29 is 14.3 Å². The molecule has 1 saturated heterocycles. The molecule has 1 fully saturated rings. The van der Waals surface area contributed by atoms with Gasteiger partial charge in [0.2, 0.25) is 0 Å². The lowest BCUT2D eigenvalue weighted by Crippen LogP contribution is -2.08. The second-order valence-electron chi connectivity index (χ2n) is 2.58. The highest BCUT2D eigenvalue weighted by Crippen LogP contribution is 2.22. The predicted octanol–water partition coefficient (Wildman–Crippen LogP) is 1.04. The van der Waals surface area contributed by atoms with Crippen LogP contribution >= 0.6 is 0 Å². The number of carbonyl (C=O) groups is 2. The fraction of sp³-hybridized carbons (Fsp3) is 0.500. The van der Waals surface area contributed by atoms with E-state index >= 15 is 0 Å². The maximum Gasteiger partial charge on any atom is 0.321 e. The highest BCUT2D eigenvalue weighted by molar-refractivity contribution is 5.96. The van der Waals surface area contributed by atoms with Crippen LogP contribution in [0.5, 0.6) is 0 Å². The number of hydrogen-bond acceptors (Lipinski definition) is 3. The van der Waals surface area contributed by atoms with Gasteiger partial charge in [-0.25, -0.2) is 0 Å². The van der Waals surface area contributed by atoms with E-state index in [0.717, 1.165) is 5.57 Å². The standard InChI is InChI=1S/C8H10O3/c1-3-5(2)6-4-7(9)11-8(6)10/h3,6H,4H2,1-2H3. The summed E-state index contributed by atoms with van der Waals surface area (Å²) in [6, 6.07) is 0. The molecule has 1 aliphatic rings. The Morgan fingerprint density at radius 3 is 2.64 bits per heavy atom. The van der Waals surface area contributed by atoms with Gasteiger partial charge in [-0.3, -0.25) is 9.59 Å². The second kappa shape index (κ2) is 2.86. The number of esters is 2. The number of rotatable bonds is 1. The van der Waals surface area contributed by atoms with Crippen LogP contribution in [0.4, 0.5) is 0 Å². The first-order valence-electron chi connectivity index (χ1n) is 3.52. The molecule has 1 aliphatic heterocycles. The van der Waals surface area contributed by atoms with E-state index in [2.05, 4.69) is 4.74 Å². The van der Waals surface area contributed by atoms with Gasteiger partial charge in [-0.15, -0.1) is 0 Å². The topological polar surface area (TPSA) is 43.4 Å². The third kappa shape index (κ3) is 1.48. The Hall–Kier alpha value is -1.12. The zero-order chi connectivity index (χ0) is 8.43. The van der Waals surface area contributed by atoms with Gasteiger partial charge in [0.15, 0.2) is 0 Å². The third-order valence-electron chi connectivity index (χ3n) is 1.87. The van der Waals surface area contributed by atoms with Crippen LogP contribution < -0.4 is 0 Å². The molecular weight excluding hydrogens is 144 g/mol. The monoisotopic (exact) mass is 154 g/mol. The first-order valence-corrected chi connectivity index (χ1v) is 3.52. The van der Waals surface area contributed by atoms with Gasteiger partial charge >= 0.3 is 11.9 Å². The SMILES string of the molecule is CC=C(C)C1CC(=O)OC1=O. The molecule has 0 radical (unpaired) electrons. The lowest BCUT2D eigenvalue weighted by atomic mass is 9.99. The van der Waals surface area contributed by atoms with Crippen molar-refractivity contribution in [2.45, 2.75) is 20.3 Å². The van der Waals surface area contributed by atoms with Gasteiger partial charge in [0.1, 0.15) is 0 Å².